The molecule has 0 amide bonds. The summed E-state index contributed by atoms with van der Waals surface area (Å²) in [7, 11) is 5.02. The second-order valence-electron chi connectivity index (χ2n) is 9.99. The summed E-state index contributed by atoms with van der Waals surface area (Å²) in [6, 6.07) is 7.49. The molecular weight excluding hydrogens is 472 g/mol. The molecule has 2 atom stereocenters. The van der Waals surface area contributed by atoms with Crippen molar-refractivity contribution in [2.45, 2.75) is 64.3 Å². The molecule has 0 radical (unpaired) electrons. The predicted molar refractivity (Wildman–Crippen MR) is 143 cm³/mol. The van der Waals surface area contributed by atoms with Gasteiger partial charge in [-0.1, -0.05) is 6.07 Å². The molecule has 4 rings (SSSR count). The standard InChI is InChI=1S/C28H38N4O5/c1-18-12-21(15-31(3)27(18)33)26-30-23-13-20(10-11-25(23)32(26)19(2)16-35-4)14-29-24(17-36-5)28(34)37-22-8-6-7-9-22/h10-13,15,19,22,24,29H,6-9,14,16-17H2,1-5H3/t19-,24?/m0/s1. The van der Waals surface area contributed by atoms with Gasteiger partial charge in [0.1, 0.15) is 18.0 Å². The van der Waals surface area contributed by atoms with Gasteiger partial charge in [-0.25, -0.2) is 4.98 Å². The maximum Gasteiger partial charge on any atom is 0.325 e. The number of nitrogens with one attached hydrogen (secondary N) is 1. The van der Waals surface area contributed by atoms with E-state index < -0.39 is 6.04 Å². The molecule has 0 bridgehead atoms. The fraction of sp³-hybridized carbons (Fsp3) is 0.536. The predicted octanol–water partition coefficient (Wildman–Crippen LogP) is 3.51. The number of benzene rings is 1. The molecule has 3 aromatic rings. The van der Waals surface area contributed by atoms with E-state index in [0.717, 1.165) is 53.7 Å². The maximum atomic E-state index is 12.7. The SMILES string of the molecule is COCC(NCc1ccc2c(c1)nc(-c1cc(C)c(=O)n(C)c1)n2[C@@H](C)COC)C(=O)OC1CCCC1. The van der Waals surface area contributed by atoms with Crippen LogP contribution in [0, 0.1) is 6.92 Å². The summed E-state index contributed by atoms with van der Waals surface area (Å²) >= 11 is 0. The van der Waals surface area contributed by atoms with Gasteiger partial charge in [-0.15, -0.1) is 0 Å². The van der Waals surface area contributed by atoms with Crippen molar-refractivity contribution >= 4 is 17.0 Å². The van der Waals surface area contributed by atoms with Crippen LogP contribution < -0.4 is 10.9 Å². The highest BCUT2D eigenvalue weighted by atomic mass is 16.5. The molecule has 2 heterocycles. The van der Waals surface area contributed by atoms with E-state index >= 15 is 0 Å². The van der Waals surface area contributed by atoms with Crippen LogP contribution in [0.2, 0.25) is 0 Å². The Kier molecular flexibility index (Phi) is 8.79. The highest BCUT2D eigenvalue weighted by molar-refractivity contribution is 5.81. The zero-order valence-corrected chi connectivity index (χ0v) is 22.5. The van der Waals surface area contributed by atoms with E-state index in [4.69, 9.17) is 19.2 Å². The molecule has 1 N–H and O–H groups in total. The van der Waals surface area contributed by atoms with Gasteiger partial charge in [-0.2, -0.15) is 0 Å². The monoisotopic (exact) mass is 510 g/mol. The molecule has 1 aliphatic carbocycles. The van der Waals surface area contributed by atoms with Crippen LogP contribution in [0.5, 0.6) is 0 Å². The van der Waals surface area contributed by atoms with Gasteiger partial charge in [0.05, 0.1) is 30.3 Å². The number of nitrogens with zero attached hydrogens (tertiary/aromatic N) is 3. The van der Waals surface area contributed by atoms with Gasteiger partial charge in [0.15, 0.2) is 0 Å². The topological polar surface area (TPSA) is 96.6 Å². The Morgan fingerprint density at radius 2 is 1.89 bits per heavy atom. The summed E-state index contributed by atoms with van der Waals surface area (Å²) in [4.78, 5) is 30.0. The van der Waals surface area contributed by atoms with Crippen molar-refractivity contribution in [1.82, 2.24) is 19.4 Å². The van der Waals surface area contributed by atoms with E-state index in [1.54, 1.807) is 25.8 Å². The average Bonchev–Trinajstić information content (AvgIpc) is 3.52. The smallest absolute Gasteiger partial charge is 0.325 e. The van der Waals surface area contributed by atoms with Crippen LogP contribution in [-0.2, 0) is 32.6 Å². The lowest BCUT2D eigenvalue weighted by Gasteiger charge is -2.20. The molecule has 1 fully saturated rings. The molecule has 2 aromatic heterocycles. The number of pyridine rings is 1. The van der Waals surface area contributed by atoms with E-state index in [2.05, 4.69) is 16.8 Å². The number of ether oxygens (including phenoxy) is 3. The zero-order chi connectivity index (χ0) is 26.5. The normalized spacial score (nSPS) is 15.8. The van der Waals surface area contributed by atoms with E-state index in [1.807, 2.05) is 37.4 Å². The van der Waals surface area contributed by atoms with Gasteiger partial charge < -0.3 is 23.3 Å². The first-order chi connectivity index (χ1) is 17.8. The third kappa shape index (κ3) is 6.11. The first-order valence-corrected chi connectivity index (χ1v) is 12.9. The Morgan fingerprint density at radius 3 is 2.57 bits per heavy atom. The number of hydrogen-bond donors (Lipinski definition) is 1. The number of carbonyl (C=O) groups is 1. The van der Waals surface area contributed by atoms with Crippen molar-refractivity contribution in [3.8, 4) is 11.4 Å². The summed E-state index contributed by atoms with van der Waals surface area (Å²) in [5, 5.41) is 3.30. The lowest BCUT2D eigenvalue weighted by molar-refractivity contribution is -0.152. The summed E-state index contributed by atoms with van der Waals surface area (Å²) in [6.07, 6.45) is 5.92. The second-order valence-corrected chi connectivity index (χ2v) is 9.99. The van der Waals surface area contributed by atoms with Crippen molar-refractivity contribution in [1.29, 1.82) is 0 Å². The molecule has 0 saturated heterocycles. The molecule has 9 nitrogen and oxygen atoms in total. The van der Waals surface area contributed by atoms with Crippen LogP contribution in [0.15, 0.2) is 35.3 Å². The van der Waals surface area contributed by atoms with E-state index in [0.29, 0.717) is 18.7 Å². The van der Waals surface area contributed by atoms with Crippen molar-refractivity contribution in [3.63, 3.8) is 0 Å². The summed E-state index contributed by atoms with van der Waals surface area (Å²) < 4.78 is 20.2. The highest BCUT2D eigenvalue weighted by Crippen LogP contribution is 2.29. The molecular formula is C28H38N4O5. The number of aromatic nitrogens is 3. The molecule has 9 heteroatoms. The minimum atomic E-state index is -0.537. The number of rotatable bonds is 11. The Bertz CT molecular complexity index is 1270. The maximum absolute atomic E-state index is 12.7. The lowest BCUT2D eigenvalue weighted by Crippen LogP contribution is -2.42. The summed E-state index contributed by atoms with van der Waals surface area (Å²) in [5.41, 5.74) is 4.31. The third-order valence-corrected chi connectivity index (χ3v) is 6.98. The third-order valence-electron chi connectivity index (χ3n) is 6.98. The summed E-state index contributed by atoms with van der Waals surface area (Å²) in [6.45, 7) is 5.14. The minimum absolute atomic E-state index is 0.0163. The molecule has 1 aromatic carbocycles. The first-order valence-electron chi connectivity index (χ1n) is 12.9. The number of hydrogen-bond acceptors (Lipinski definition) is 7. The Labute approximate surface area is 217 Å². The largest absolute Gasteiger partial charge is 0.461 e. The van der Waals surface area contributed by atoms with Crippen LogP contribution in [0.25, 0.3) is 22.4 Å². The Balaban J connectivity index is 1.61. The molecule has 0 spiro atoms. The summed E-state index contributed by atoms with van der Waals surface area (Å²) in [5.74, 6) is 0.514. The van der Waals surface area contributed by atoms with Gasteiger partial charge in [0.2, 0.25) is 0 Å². The molecule has 200 valence electrons. The van der Waals surface area contributed by atoms with Gasteiger partial charge in [0.25, 0.3) is 5.56 Å². The van der Waals surface area contributed by atoms with Gasteiger partial charge in [-0.05, 0) is 63.3 Å². The van der Waals surface area contributed by atoms with Gasteiger partial charge in [-0.3, -0.25) is 14.9 Å². The number of esters is 1. The van der Waals surface area contributed by atoms with E-state index in [-0.39, 0.29) is 30.3 Å². The van der Waals surface area contributed by atoms with Gasteiger partial charge >= 0.3 is 5.97 Å². The average molecular weight is 511 g/mol. The van der Waals surface area contributed by atoms with Crippen LogP contribution in [0.4, 0.5) is 0 Å². The highest BCUT2D eigenvalue weighted by Gasteiger charge is 2.25. The second kappa shape index (κ2) is 12.0. The number of methoxy groups -OCH3 is 2. The van der Waals surface area contributed by atoms with Crippen molar-refractivity contribution < 1.29 is 19.0 Å². The minimum Gasteiger partial charge on any atom is -0.461 e. The van der Waals surface area contributed by atoms with Crippen molar-refractivity contribution in [2.75, 3.05) is 27.4 Å². The molecule has 1 saturated carbocycles. The van der Waals surface area contributed by atoms with Crippen LogP contribution >= 0.6 is 0 Å². The molecule has 1 unspecified atom stereocenters. The quantitative estimate of drug-likeness (QED) is 0.394. The Hall–Kier alpha value is -3.01. The van der Waals surface area contributed by atoms with Crippen molar-refractivity contribution in [2.24, 2.45) is 7.05 Å². The molecule has 1 aliphatic rings. The van der Waals surface area contributed by atoms with Crippen molar-refractivity contribution in [3.05, 3.63) is 51.9 Å². The van der Waals surface area contributed by atoms with Crippen LogP contribution in [0.1, 0.15) is 49.8 Å². The number of carbonyl (C=O) groups excluding carboxylic acids is 1. The Morgan fingerprint density at radius 1 is 1.16 bits per heavy atom. The fourth-order valence-corrected chi connectivity index (χ4v) is 5.09. The molecule has 37 heavy (non-hydrogen) atoms. The number of fused-ring (bicyclic) bond motifs is 1. The fourth-order valence-electron chi connectivity index (χ4n) is 5.09. The van der Waals surface area contributed by atoms with Gasteiger partial charge in [0, 0.05) is 45.1 Å². The van der Waals surface area contributed by atoms with E-state index in [9.17, 15) is 9.59 Å². The lowest BCUT2D eigenvalue weighted by atomic mass is 10.1. The van der Waals surface area contributed by atoms with Crippen LogP contribution in [0.3, 0.4) is 0 Å². The zero-order valence-electron chi connectivity index (χ0n) is 22.5. The number of imidazole rings is 1. The van der Waals surface area contributed by atoms with Crippen LogP contribution in [-0.4, -0.2) is 59.7 Å². The molecule has 0 aliphatic heterocycles. The number of aryl methyl sites for hydroxylation is 2. The van der Waals surface area contributed by atoms with E-state index in [1.165, 1.54) is 0 Å². The first kappa shape index (κ1) is 27.0.